The molecule has 144 valence electrons. The number of aromatic nitrogens is 5. The van der Waals surface area contributed by atoms with Crippen LogP contribution in [0.15, 0.2) is 24.5 Å². The van der Waals surface area contributed by atoms with Crippen molar-refractivity contribution in [3.8, 4) is 0 Å². The number of pyridine rings is 1. The Kier molecular flexibility index (Phi) is 5.16. The molecule has 1 saturated heterocycles. The van der Waals surface area contributed by atoms with E-state index < -0.39 is 0 Å². The summed E-state index contributed by atoms with van der Waals surface area (Å²) in [5, 5.41) is 12.3. The molecule has 27 heavy (non-hydrogen) atoms. The van der Waals surface area contributed by atoms with Gasteiger partial charge in [0.15, 0.2) is 0 Å². The Morgan fingerprint density at radius 2 is 2.04 bits per heavy atom. The molecule has 2 aliphatic rings. The zero-order valence-electron chi connectivity index (χ0n) is 15.6. The number of fused-ring (bicyclic) bond motifs is 2. The molecule has 1 N–H and O–H groups in total. The van der Waals surface area contributed by atoms with E-state index in [1.807, 2.05) is 6.20 Å². The predicted octanol–water partition coefficient (Wildman–Crippen LogP) is 2.14. The van der Waals surface area contributed by atoms with Crippen LogP contribution in [0.25, 0.3) is 5.65 Å². The van der Waals surface area contributed by atoms with Gasteiger partial charge in [-0.15, -0.1) is 22.6 Å². The second-order valence-electron chi connectivity index (χ2n) is 7.49. The van der Waals surface area contributed by atoms with Crippen molar-refractivity contribution in [2.45, 2.75) is 45.3 Å². The smallest absolute Gasteiger partial charge is 0.147 e. The van der Waals surface area contributed by atoms with Gasteiger partial charge in [-0.2, -0.15) is 0 Å². The van der Waals surface area contributed by atoms with E-state index in [0.717, 1.165) is 63.6 Å². The van der Waals surface area contributed by atoms with Crippen LogP contribution in [0.1, 0.15) is 41.7 Å². The number of imidazole rings is 1. The number of aryl methyl sites for hydroxylation is 1. The van der Waals surface area contributed by atoms with E-state index in [0.29, 0.717) is 5.92 Å². The minimum absolute atomic E-state index is 0. The number of nitrogens with zero attached hydrogens (tertiary/aromatic N) is 6. The maximum atomic E-state index is 4.60. The molecule has 2 aliphatic heterocycles. The highest BCUT2D eigenvalue weighted by molar-refractivity contribution is 5.85. The monoisotopic (exact) mass is 387 g/mol. The average molecular weight is 388 g/mol. The first-order valence-corrected chi connectivity index (χ1v) is 9.56. The topological polar surface area (TPSA) is 63.3 Å². The summed E-state index contributed by atoms with van der Waals surface area (Å²) < 4.78 is 4.56. The predicted molar refractivity (Wildman–Crippen MR) is 106 cm³/mol. The largest absolute Gasteiger partial charge is 0.312 e. The summed E-state index contributed by atoms with van der Waals surface area (Å²) in [6, 6.07) is 4.22. The first-order chi connectivity index (χ1) is 12.8. The molecule has 0 aromatic carbocycles. The molecular weight excluding hydrogens is 362 g/mol. The molecule has 0 amide bonds. The van der Waals surface area contributed by atoms with Gasteiger partial charge in [0.05, 0.1) is 18.4 Å². The molecule has 5 heterocycles. The molecular formula is C19H26ClN7. The fourth-order valence-corrected chi connectivity index (χ4v) is 4.31. The third-order valence-electron chi connectivity index (χ3n) is 5.80. The summed E-state index contributed by atoms with van der Waals surface area (Å²) in [5.74, 6) is 2.83. The van der Waals surface area contributed by atoms with Gasteiger partial charge in [0.2, 0.25) is 0 Å². The highest BCUT2D eigenvalue weighted by atomic mass is 35.5. The molecule has 1 fully saturated rings. The second kappa shape index (κ2) is 7.58. The summed E-state index contributed by atoms with van der Waals surface area (Å²) in [6.07, 6.45) is 6.45. The Morgan fingerprint density at radius 3 is 2.89 bits per heavy atom. The molecule has 0 aliphatic carbocycles. The fourth-order valence-electron chi connectivity index (χ4n) is 4.31. The summed E-state index contributed by atoms with van der Waals surface area (Å²) in [6.45, 7) is 8.14. The molecule has 3 aromatic heterocycles. The van der Waals surface area contributed by atoms with Crippen LogP contribution in [-0.4, -0.2) is 48.7 Å². The van der Waals surface area contributed by atoms with Gasteiger partial charge in [0, 0.05) is 31.7 Å². The van der Waals surface area contributed by atoms with Crippen LogP contribution in [0.3, 0.4) is 0 Å². The lowest BCUT2D eigenvalue weighted by Gasteiger charge is -2.31. The van der Waals surface area contributed by atoms with Crippen LogP contribution in [0.4, 0.5) is 0 Å². The molecule has 0 spiro atoms. The summed E-state index contributed by atoms with van der Waals surface area (Å²) in [7, 11) is 0. The van der Waals surface area contributed by atoms with Crippen LogP contribution in [-0.2, 0) is 19.6 Å². The fraction of sp³-hybridized carbons (Fsp3) is 0.526. The maximum absolute atomic E-state index is 4.60. The zero-order chi connectivity index (χ0) is 17.5. The number of hydrogen-bond acceptors (Lipinski definition) is 5. The third kappa shape index (κ3) is 3.35. The van der Waals surface area contributed by atoms with Gasteiger partial charge in [-0.1, -0.05) is 6.07 Å². The van der Waals surface area contributed by atoms with E-state index in [4.69, 9.17) is 0 Å². The van der Waals surface area contributed by atoms with Crippen LogP contribution >= 0.6 is 12.4 Å². The van der Waals surface area contributed by atoms with Crippen LogP contribution in [0.5, 0.6) is 0 Å². The van der Waals surface area contributed by atoms with E-state index >= 15 is 0 Å². The van der Waals surface area contributed by atoms with Gasteiger partial charge in [-0.3, -0.25) is 4.90 Å². The number of likely N-dealkylation sites (tertiary alicyclic amines) is 1. The average Bonchev–Trinajstić information content (AvgIpc) is 3.28. The Morgan fingerprint density at radius 1 is 1.19 bits per heavy atom. The van der Waals surface area contributed by atoms with Crippen molar-refractivity contribution >= 4 is 18.1 Å². The Bertz CT molecular complexity index is 923. The van der Waals surface area contributed by atoms with E-state index in [-0.39, 0.29) is 12.4 Å². The summed E-state index contributed by atoms with van der Waals surface area (Å²) in [4.78, 5) is 7.14. The van der Waals surface area contributed by atoms with Crippen LogP contribution in [0, 0.1) is 6.92 Å². The van der Waals surface area contributed by atoms with Crippen molar-refractivity contribution < 1.29 is 0 Å². The molecule has 7 nitrogen and oxygen atoms in total. The van der Waals surface area contributed by atoms with Crippen molar-refractivity contribution in [1.82, 2.24) is 34.4 Å². The van der Waals surface area contributed by atoms with Gasteiger partial charge in [0.25, 0.3) is 0 Å². The van der Waals surface area contributed by atoms with Gasteiger partial charge in [-0.05, 0) is 44.5 Å². The Hall–Kier alpha value is -1.96. The summed E-state index contributed by atoms with van der Waals surface area (Å²) >= 11 is 0. The van der Waals surface area contributed by atoms with Gasteiger partial charge < -0.3 is 14.3 Å². The minimum Gasteiger partial charge on any atom is -0.312 e. The lowest BCUT2D eigenvalue weighted by atomic mass is 9.95. The lowest BCUT2D eigenvalue weighted by Crippen LogP contribution is -2.35. The molecule has 0 atom stereocenters. The van der Waals surface area contributed by atoms with Crippen molar-refractivity contribution in [2.24, 2.45) is 0 Å². The highest BCUT2D eigenvalue weighted by Crippen LogP contribution is 2.28. The maximum Gasteiger partial charge on any atom is 0.147 e. The SMILES string of the molecule is Cc1cccn2c(CN3CCC(c4nnc5n4CCNC5)CC3)cnc12.Cl. The normalized spacial score (nSPS) is 18.4. The van der Waals surface area contributed by atoms with E-state index in [2.05, 4.69) is 59.6 Å². The zero-order valence-corrected chi connectivity index (χ0v) is 16.5. The van der Waals surface area contributed by atoms with Crippen LogP contribution in [0.2, 0.25) is 0 Å². The molecule has 0 saturated carbocycles. The van der Waals surface area contributed by atoms with Crippen molar-refractivity contribution in [1.29, 1.82) is 0 Å². The van der Waals surface area contributed by atoms with Gasteiger partial charge in [0.1, 0.15) is 17.3 Å². The van der Waals surface area contributed by atoms with Crippen molar-refractivity contribution in [3.05, 3.63) is 47.4 Å². The molecule has 3 aromatic rings. The molecule has 0 radical (unpaired) electrons. The van der Waals surface area contributed by atoms with Gasteiger partial charge in [-0.25, -0.2) is 4.98 Å². The summed E-state index contributed by atoms with van der Waals surface area (Å²) in [5.41, 5.74) is 3.57. The molecule has 0 unspecified atom stereocenters. The van der Waals surface area contributed by atoms with Crippen molar-refractivity contribution in [2.75, 3.05) is 19.6 Å². The van der Waals surface area contributed by atoms with E-state index in [9.17, 15) is 0 Å². The molecule has 0 bridgehead atoms. The molecule has 8 heteroatoms. The second-order valence-corrected chi connectivity index (χ2v) is 7.49. The van der Waals surface area contributed by atoms with Crippen LogP contribution < -0.4 is 5.32 Å². The Balaban J connectivity index is 0.00000180. The number of nitrogens with one attached hydrogen (secondary N) is 1. The number of halogens is 1. The number of hydrogen-bond donors (Lipinski definition) is 1. The third-order valence-corrected chi connectivity index (χ3v) is 5.80. The van der Waals surface area contributed by atoms with Crippen molar-refractivity contribution in [3.63, 3.8) is 0 Å². The minimum atomic E-state index is 0. The quantitative estimate of drug-likeness (QED) is 0.746. The number of piperidine rings is 1. The molecule has 5 rings (SSSR count). The van der Waals surface area contributed by atoms with Gasteiger partial charge >= 0.3 is 0 Å². The number of rotatable bonds is 3. The first-order valence-electron chi connectivity index (χ1n) is 9.56. The highest BCUT2D eigenvalue weighted by Gasteiger charge is 2.27. The standard InChI is InChI=1S/C19H25N7.ClH/c1-14-3-2-7-25-16(11-21-18(14)25)13-24-8-4-15(5-9-24)19-23-22-17-12-20-6-10-26(17)19;/h2-3,7,11,15,20H,4-6,8-10,12-13H2,1H3;1H. The Labute approximate surface area is 165 Å². The first kappa shape index (κ1) is 18.4. The van der Waals surface area contributed by atoms with E-state index in [1.54, 1.807) is 0 Å². The lowest BCUT2D eigenvalue weighted by molar-refractivity contribution is 0.197. The van der Waals surface area contributed by atoms with E-state index in [1.165, 1.54) is 17.1 Å².